The van der Waals surface area contributed by atoms with Crippen LogP contribution in [0.4, 0.5) is 0 Å². The van der Waals surface area contributed by atoms with Crippen LogP contribution in [-0.2, 0) is 0 Å². The van der Waals surface area contributed by atoms with Gasteiger partial charge < -0.3 is 0 Å². The molecule has 2 aliphatic rings. The van der Waals surface area contributed by atoms with Gasteiger partial charge in [0.15, 0.2) is 0 Å². The van der Waals surface area contributed by atoms with Crippen LogP contribution in [-0.4, -0.2) is 12.3 Å². The lowest BCUT2D eigenvalue weighted by Gasteiger charge is -2.19. The van der Waals surface area contributed by atoms with Crippen molar-refractivity contribution in [1.82, 2.24) is 0 Å². The van der Waals surface area contributed by atoms with Crippen LogP contribution in [0.1, 0.15) is 26.2 Å². The summed E-state index contributed by atoms with van der Waals surface area (Å²) in [6.45, 7) is 3.13. The van der Waals surface area contributed by atoms with Crippen molar-refractivity contribution in [2.75, 3.05) is 6.54 Å². The minimum absolute atomic E-state index is 1.01. The topological polar surface area (TPSA) is 12.4 Å². The Bertz CT molecular complexity index is 252. The molecule has 1 aliphatic carbocycles. The van der Waals surface area contributed by atoms with E-state index in [-0.39, 0.29) is 0 Å². The van der Waals surface area contributed by atoms with Crippen molar-refractivity contribution in [3.05, 3.63) is 23.3 Å². The fraction of sp³-hybridized carbons (Fsp3) is 0.500. The van der Waals surface area contributed by atoms with Gasteiger partial charge in [0.2, 0.25) is 0 Å². The third kappa shape index (κ3) is 1.15. The van der Waals surface area contributed by atoms with E-state index in [1.165, 1.54) is 30.5 Å². The van der Waals surface area contributed by atoms with Crippen LogP contribution in [0.2, 0.25) is 0 Å². The Morgan fingerprint density at radius 1 is 1.36 bits per heavy atom. The van der Waals surface area contributed by atoms with Gasteiger partial charge in [-0.1, -0.05) is 17.7 Å². The second-order valence-electron chi connectivity index (χ2n) is 3.18. The van der Waals surface area contributed by atoms with E-state index >= 15 is 0 Å². The molecule has 0 N–H and O–H groups in total. The lowest BCUT2D eigenvalue weighted by molar-refractivity contribution is 0.825. The molecule has 1 aliphatic heterocycles. The minimum Gasteiger partial charge on any atom is -0.289 e. The first-order chi connectivity index (χ1) is 5.38. The maximum Gasteiger partial charge on any atom is 0.0430 e. The van der Waals surface area contributed by atoms with Gasteiger partial charge in [-0.25, -0.2) is 0 Å². The number of rotatable bonds is 0. The van der Waals surface area contributed by atoms with Crippen molar-refractivity contribution in [2.45, 2.75) is 26.2 Å². The molecule has 58 valence electrons. The van der Waals surface area contributed by atoms with E-state index in [4.69, 9.17) is 0 Å². The first kappa shape index (κ1) is 6.84. The Morgan fingerprint density at radius 2 is 2.27 bits per heavy atom. The lowest BCUT2D eigenvalue weighted by Crippen LogP contribution is -2.10. The van der Waals surface area contributed by atoms with E-state index in [2.05, 4.69) is 24.1 Å². The molecule has 0 fully saturated rings. The van der Waals surface area contributed by atoms with Gasteiger partial charge in [-0.2, -0.15) is 0 Å². The van der Waals surface area contributed by atoms with Gasteiger partial charge in [0.25, 0.3) is 0 Å². The van der Waals surface area contributed by atoms with Gasteiger partial charge in [0.05, 0.1) is 0 Å². The number of nitrogens with zero attached hydrogens (tertiary/aromatic N) is 1. The van der Waals surface area contributed by atoms with Crippen molar-refractivity contribution >= 4 is 5.71 Å². The van der Waals surface area contributed by atoms with Gasteiger partial charge in [0.1, 0.15) is 0 Å². The monoisotopic (exact) mass is 147 g/mol. The number of allylic oxidation sites excluding steroid dienone is 3. The summed E-state index contributed by atoms with van der Waals surface area (Å²) in [7, 11) is 0. The molecule has 0 atom stereocenters. The standard InChI is InChI=1S/C10H13N/c1-8-10-5-3-2-4-9(10)6-7-11-8/h3,5H,2,4,6-7H2,1H3. The van der Waals surface area contributed by atoms with E-state index in [1.807, 2.05) is 0 Å². The van der Waals surface area contributed by atoms with Crippen LogP contribution in [0.5, 0.6) is 0 Å². The molecule has 0 bridgehead atoms. The molecule has 0 amide bonds. The van der Waals surface area contributed by atoms with Gasteiger partial charge in [-0.15, -0.1) is 0 Å². The number of aliphatic imine (C=N–C) groups is 1. The van der Waals surface area contributed by atoms with Crippen molar-refractivity contribution in [2.24, 2.45) is 4.99 Å². The first-order valence-corrected chi connectivity index (χ1v) is 4.28. The third-order valence-corrected chi connectivity index (χ3v) is 2.43. The predicted molar refractivity (Wildman–Crippen MR) is 48.0 cm³/mol. The highest BCUT2D eigenvalue weighted by molar-refractivity contribution is 6.02. The molecule has 2 rings (SSSR count). The highest BCUT2D eigenvalue weighted by atomic mass is 14.7. The molecular weight excluding hydrogens is 134 g/mol. The van der Waals surface area contributed by atoms with Crippen molar-refractivity contribution in [3.8, 4) is 0 Å². The third-order valence-electron chi connectivity index (χ3n) is 2.43. The van der Waals surface area contributed by atoms with Crippen molar-refractivity contribution < 1.29 is 0 Å². The summed E-state index contributed by atoms with van der Waals surface area (Å²) in [6, 6.07) is 0. The summed E-state index contributed by atoms with van der Waals surface area (Å²) in [5.74, 6) is 0. The summed E-state index contributed by atoms with van der Waals surface area (Å²) in [6.07, 6.45) is 8.17. The van der Waals surface area contributed by atoms with E-state index in [0.717, 1.165) is 6.54 Å². The zero-order valence-electron chi connectivity index (χ0n) is 6.93. The number of hydrogen-bond donors (Lipinski definition) is 0. The normalized spacial score (nSPS) is 23.2. The first-order valence-electron chi connectivity index (χ1n) is 4.28. The number of hydrogen-bond acceptors (Lipinski definition) is 1. The molecule has 0 saturated heterocycles. The molecule has 0 unspecified atom stereocenters. The maximum atomic E-state index is 4.42. The van der Waals surface area contributed by atoms with E-state index in [0.29, 0.717) is 0 Å². The highest BCUT2D eigenvalue weighted by Gasteiger charge is 2.13. The van der Waals surface area contributed by atoms with Crippen LogP contribution in [0.3, 0.4) is 0 Å². The summed E-state index contributed by atoms with van der Waals surface area (Å²) >= 11 is 0. The van der Waals surface area contributed by atoms with E-state index in [9.17, 15) is 0 Å². The molecule has 0 saturated carbocycles. The molecule has 1 heterocycles. The van der Waals surface area contributed by atoms with Crippen LogP contribution >= 0.6 is 0 Å². The Hall–Kier alpha value is -0.850. The molecule has 1 nitrogen and oxygen atoms in total. The molecule has 0 spiro atoms. The molecule has 1 heteroatoms. The van der Waals surface area contributed by atoms with Crippen LogP contribution in [0.25, 0.3) is 0 Å². The average molecular weight is 147 g/mol. The molecule has 11 heavy (non-hydrogen) atoms. The zero-order valence-corrected chi connectivity index (χ0v) is 6.93. The summed E-state index contributed by atoms with van der Waals surface area (Å²) in [4.78, 5) is 4.42. The molecule has 0 aromatic rings. The fourth-order valence-corrected chi connectivity index (χ4v) is 1.79. The second kappa shape index (κ2) is 2.65. The Labute approximate surface area is 67.5 Å². The van der Waals surface area contributed by atoms with Crippen LogP contribution in [0, 0.1) is 0 Å². The summed E-state index contributed by atoms with van der Waals surface area (Å²) in [5.41, 5.74) is 4.28. The van der Waals surface area contributed by atoms with Crippen molar-refractivity contribution in [1.29, 1.82) is 0 Å². The van der Waals surface area contributed by atoms with E-state index in [1.54, 1.807) is 5.57 Å². The van der Waals surface area contributed by atoms with Crippen LogP contribution < -0.4 is 0 Å². The van der Waals surface area contributed by atoms with Gasteiger partial charge in [-0.05, 0) is 31.8 Å². The SMILES string of the molecule is CC1=NCCC2=C1C=CCC2. The minimum atomic E-state index is 1.01. The van der Waals surface area contributed by atoms with Crippen molar-refractivity contribution in [3.63, 3.8) is 0 Å². The smallest absolute Gasteiger partial charge is 0.0430 e. The molecule has 0 aromatic carbocycles. The zero-order chi connectivity index (χ0) is 7.68. The van der Waals surface area contributed by atoms with E-state index < -0.39 is 0 Å². The average Bonchev–Trinajstić information content (AvgIpc) is 2.06. The predicted octanol–water partition coefficient (Wildman–Crippen LogP) is 2.50. The molecule has 0 aromatic heterocycles. The summed E-state index contributed by atoms with van der Waals surface area (Å²) < 4.78 is 0. The van der Waals surface area contributed by atoms with Gasteiger partial charge in [-0.3, -0.25) is 4.99 Å². The fourth-order valence-electron chi connectivity index (χ4n) is 1.79. The Kier molecular flexibility index (Phi) is 1.65. The lowest BCUT2D eigenvalue weighted by atomic mass is 9.91. The van der Waals surface area contributed by atoms with Crippen LogP contribution in [0.15, 0.2) is 28.3 Å². The van der Waals surface area contributed by atoms with Gasteiger partial charge >= 0.3 is 0 Å². The summed E-state index contributed by atoms with van der Waals surface area (Å²) in [5, 5.41) is 0. The second-order valence-corrected chi connectivity index (χ2v) is 3.18. The Balaban J connectivity index is 2.38. The quantitative estimate of drug-likeness (QED) is 0.499. The van der Waals surface area contributed by atoms with Gasteiger partial charge in [0, 0.05) is 12.3 Å². The number of dihydropyridines is 1. The largest absolute Gasteiger partial charge is 0.289 e. The maximum absolute atomic E-state index is 4.42. The molecular formula is C10H13N. The highest BCUT2D eigenvalue weighted by Crippen LogP contribution is 2.25. The Morgan fingerprint density at radius 3 is 3.09 bits per heavy atom. The molecule has 0 radical (unpaired) electrons.